The van der Waals surface area contributed by atoms with E-state index in [1.807, 2.05) is 4.90 Å². The Morgan fingerprint density at radius 3 is 2.53 bits per heavy atom. The van der Waals surface area contributed by atoms with Gasteiger partial charge in [-0.15, -0.1) is 0 Å². The van der Waals surface area contributed by atoms with Gasteiger partial charge in [0, 0.05) is 32.1 Å². The fourth-order valence-corrected chi connectivity index (χ4v) is 2.70. The maximum absolute atomic E-state index is 11.7. The van der Waals surface area contributed by atoms with Gasteiger partial charge in [-0.1, -0.05) is 0 Å². The number of piperidine rings is 1. The quantitative estimate of drug-likeness (QED) is 0.750. The van der Waals surface area contributed by atoms with Crippen LogP contribution in [-0.4, -0.2) is 53.3 Å². The summed E-state index contributed by atoms with van der Waals surface area (Å²) in [7, 11) is 0. The second kappa shape index (κ2) is 5.04. The lowest BCUT2D eigenvalue weighted by Gasteiger charge is -2.39. The van der Waals surface area contributed by atoms with E-state index in [4.69, 9.17) is 5.73 Å². The van der Waals surface area contributed by atoms with E-state index in [2.05, 4.69) is 0 Å². The minimum absolute atomic E-state index is 0.00556. The van der Waals surface area contributed by atoms with E-state index in [-0.39, 0.29) is 24.4 Å². The van der Waals surface area contributed by atoms with Gasteiger partial charge in [0.25, 0.3) is 0 Å². The van der Waals surface area contributed by atoms with Crippen LogP contribution in [0.15, 0.2) is 0 Å². The van der Waals surface area contributed by atoms with Gasteiger partial charge in [-0.25, -0.2) is 0 Å². The van der Waals surface area contributed by atoms with E-state index in [0.717, 1.165) is 32.2 Å². The van der Waals surface area contributed by atoms with Crippen LogP contribution in [0.2, 0.25) is 0 Å². The number of carbonyl (C=O) groups is 2. The molecule has 0 spiro atoms. The van der Waals surface area contributed by atoms with Gasteiger partial charge in [0.05, 0.1) is 6.54 Å². The predicted molar refractivity (Wildman–Crippen MR) is 64.2 cm³/mol. The number of hydrogen-bond acceptors (Lipinski definition) is 3. The molecule has 0 aromatic heterocycles. The Labute approximate surface area is 102 Å². The first kappa shape index (κ1) is 12.4. The minimum Gasteiger partial charge on any atom is -0.340 e. The first-order valence-corrected chi connectivity index (χ1v) is 6.40. The van der Waals surface area contributed by atoms with Gasteiger partial charge in [-0.2, -0.15) is 0 Å². The molecule has 2 fully saturated rings. The fourth-order valence-electron chi connectivity index (χ4n) is 2.70. The topological polar surface area (TPSA) is 66.6 Å². The Morgan fingerprint density at radius 2 is 2.00 bits per heavy atom. The molecule has 1 aliphatic carbocycles. The van der Waals surface area contributed by atoms with Crippen LogP contribution in [0, 0.1) is 0 Å². The van der Waals surface area contributed by atoms with Gasteiger partial charge >= 0.3 is 0 Å². The van der Waals surface area contributed by atoms with Crippen LogP contribution in [0.1, 0.15) is 32.6 Å². The van der Waals surface area contributed by atoms with Gasteiger partial charge in [-0.3, -0.25) is 9.59 Å². The van der Waals surface area contributed by atoms with E-state index < -0.39 is 0 Å². The molecular formula is C12H21N3O2. The molecule has 96 valence electrons. The monoisotopic (exact) mass is 239 g/mol. The zero-order valence-electron chi connectivity index (χ0n) is 10.4. The van der Waals surface area contributed by atoms with Gasteiger partial charge in [0.15, 0.2) is 0 Å². The highest BCUT2D eigenvalue weighted by atomic mass is 16.2. The molecular weight excluding hydrogens is 218 g/mol. The van der Waals surface area contributed by atoms with Crippen molar-refractivity contribution >= 4 is 11.8 Å². The molecule has 1 heterocycles. The Hall–Kier alpha value is -1.10. The van der Waals surface area contributed by atoms with Crippen molar-refractivity contribution in [3.8, 4) is 0 Å². The summed E-state index contributed by atoms with van der Waals surface area (Å²) in [6.07, 6.45) is 4.19. The molecule has 0 unspecified atom stereocenters. The third-order valence-corrected chi connectivity index (χ3v) is 3.62. The molecule has 2 aliphatic rings. The van der Waals surface area contributed by atoms with Crippen LogP contribution in [0.25, 0.3) is 0 Å². The Balaban J connectivity index is 2.00. The van der Waals surface area contributed by atoms with Crippen LogP contribution in [-0.2, 0) is 9.59 Å². The maximum Gasteiger partial charge on any atom is 0.236 e. The Morgan fingerprint density at radius 1 is 1.29 bits per heavy atom. The molecule has 17 heavy (non-hydrogen) atoms. The first-order chi connectivity index (χ1) is 8.13. The van der Waals surface area contributed by atoms with Crippen molar-refractivity contribution in [2.24, 2.45) is 5.73 Å². The highest BCUT2D eigenvalue weighted by Crippen LogP contribution is 2.31. The molecule has 2 N–H and O–H groups in total. The number of nitrogens with zero attached hydrogens (tertiary/aromatic N) is 2. The van der Waals surface area contributed by atoms with Crippen molar-refractivity contribution in [1.82, 2.24) is 9.80 Å². The summed E-state index contributed by atoms with van der Waals surface area (Å²) in [6, 6.07) is 0.620. The summed E-state index contributed by atoms with van der Waals surface area (Å²) in [5.41, 5.74) is 5.38. The lowest BCUT2D eigenvalue weighted by atomic mass is 10.0. The molecule has 2 amide bonds. The minimum atomic E-state index is -0.00556. The number of likely N-dealkylation sites (tertiary alicyclic amines) is 1. The molecule has 1 aliphatic heterocycles. The standard InChI is InChI=1S/C12H21N3O2/c1-9(16)15(10-4-5-10)11-3-2-6-14(8-11)12(17)7-13/h10-11H,2-8,13H2,1H3/t11-/m0/s1. The van der Waals surface area contributed by atoms with Gasteiger partial charge in [0.2, 0.25) is 11.8 Å². The first-order valence-electron chi connectivity index (χ1n) is 6.40. The summed E-state index contributed by atoms with van der Waals surface area (Å²) in [6.45, 7) is 3.13. The normalized spacial score (nSPS) is 24.6. The number of hydrogen-bond donors (Lipinski definition) is 1. The third kappa shape index (κ3) is 2.77. The summed E-state index contributed by atoms with van der Waals surface area (Å²) >= 11 is 0. The van der Waals surface area contributed by atoms with Crippen molar-refractivity contribution in [3.63, 3.8) is 0 Å². The second-order valence-corrected chi connectivity index (χ2v) is 5.00. The van der Waals surface area contributed by atoms with E-state index in [0.29, 0.717) is 12.6 Å². The number of rotatable bonds is 3. The average Bonchev–Trinajstić information content (AvgIpc) is 3.12. The van der Waals surface area contributed by atoms with Crippen molar-refractivity contribution in [2.45, 2.75) is 44.7 Å². The molecule has 0 bridgehead atoms. The molecule has 0 radical (unpaired) electrons. The molecule has 5 nitrogen and oxygen atoms in total. The zero-order chi connectivity index (χ0) is 12.4. The summed E-state index contributed by atoms with van der Waals surface area (Å²) < 4.78 is 0. The Bertz CT molecular complexity index is 315. The van der Waals surface area contributed by atoms with E-state index in [1.54, 1.807) is 11.8 Å². The smallest absolute Gasteiger partial charge is 0.236 e. The molecule has 1 saturated carbocycles. The van der Waals surface area contributed by atoms with Crippen LogP contribution in [0.4, 0.5) is 0 Å². The molecule has 1 saturated heterocycles. The van der Waals surface area contributed by atoms with Crippen molar-refractivity contribution in [3.05, 3.63) is 0 Å². The lowest BCUT2D eigenvalue weighted by Crippen LogP contribution is -2.53. The van der Waals surface area contributed by atoms with Crippen LogP contribution < -0.4 is 5.73 Å². The third-order valence-electron chi connectivity index (χ3n) is 3.62. The van der Waals surface area contributed by atoms with E-state index >= 15 is 0 Å². The van der Waals surface area contributed by atoms with Crippen molar-refractivity contribution in [2.75, 3.05) is 19.6 Å². The lowest BCUT2D eigenvalue weighted by molar-refractivity contribution is -0.138. The molecule has 0 aromatic carbocycles. The highest BCUT2D eigenvalue weighted by molar-refractivity contribution is 5.78. The number of carbonyl (C=O) groups excluding carboxylic acids is 2. The zero-order valence-corrected chi connectivity index (χ0v) is 10.4. The maximum atomic E-state index is 11.7. The summed E-state index contributed by atoms with van der Waals surface area (Å²) in [4.78, 5) is 27.0. The van der Waals surface area contributed by atoms with E-state index in [1.165, 1.54) is 0 Å². The van der Waals surface area contributed by atoms with Crippen LogP contribution in [0.5, 0.6) is 0 Å². The van der Waals surface area contributed by atoms with E-state index in [9.17, 15) is 9.59 Å². The Kier molecular flexibility index (Phi) is 3.66. The fraction of sp³-hybridized carbons (Fsp3) is 0.833. The largest absolute Gasteiger partial charge is 0.340 e. The van der Waals surface area contributed by atoms with Gasteiger partial charge in [-0.05, 0) is 25.7 Å². The SMILES string of the molecule is CC(=O)N(C1CC1)[C@H]1CCCN(C(=O)CN)C1. The van der Waals surface area contributed by atoms with Crippen LogP contribution >= 0.6 is 0 Å². The van der Waals surface area contributed by atoms with Crippen molar-refractivity contribution in [1.29, 1.82) is 0 Å². The number of amides is 2. The van der Waals surface area contributed by atoms with Crippen molar-refractivity contribution < 1.29 is 9.59 Å². The average molecular weight is 239 g/mol. The molecule has 2 rings (SSSR count). The number of nitrogens with two attached hydrogens (primary N) is 1. The van der Waals surface area contributed by atoms with Gasteiger partial charge < -0.3 is 15.5 Å². The predicted octanol–water partition coefficient (Wildman–Crippen LogP) is -0.0530. The van der Waals surface area contributed by atoms with Gasteiger partial charge in [0.1, 0.15) is 0 Å². The molecule has 1 atom stereocenters. The summed E-state index contributed by atoms with van der Waals surface area (Å²) in [5, 5.41) is 0. The van der Waals surface area contributed by atoms with Crippen LogP contribution in [0.3, 0.4) is 0 Å². The second-order valence-electron chi connectivity index (χ2n) is 5.00. The molecule has 0 aromatic rings. The molecule has 5 heteroatoms. The summed E-state index contributed by atoms with van der Waals surface area (Å²) in [5.74, 6) is 0.133. The highest BCUT2D eigenvalue weighted by Gasteiger charge is 2.37.